The largest absolute Gasteiger partial charge is 0.804 e. The van der Waals surface area contributed by atoms with E-state index in [-0.39, 0.29) is 0 Å². The summed E-state index contributed by atoms with van der Waals surface area (Å²) in [5.74, 6) is 0. The number of benzene rings is 1. The van der Waals surface area contributed by atoms with Crippen molar-refractivity contribution < 1.29 is 13.6 Å². The van der Waals surface area contributed by atoms with Gasteiger partial charge in [-0.15, -0.1) is 0 Å². The Morgan fingerprint density at radius 2 is 1.93 bits per heavy atom. The lowest BCUT2D eigenvalue weighted by Crippen LogP contribution is -1.71. The van der Waals surface area contributed by atoms with Gasteiger partial charge in [-0.1, -0.05) is 36.9 Å². The Hall–Kier alpha value is -1.60. The van der Waals surface area contributed by atoms with Gasteiger partial charge in [-0.25, -0.2) is 9.05 Å². The lowest BCUT2D eigenvalue weighted by atomic mass is 10.2. The first-order chi connectivity index (χ1) is 6.83. The Labute approximate surface area is 83.6 Å². The second kappa shape index (κ2) is 5.95. The van der Waals surface area contributed by atoms with Gasteiger partial charge in [0.1, 0.15) is 6.26 Å². The average molecular weight is 209 g/mol. The number of hydrogen-bond donors (Lipinski definition) is 0. The highest BCUT2D eigenvalue weighted by molar-refractivity contribution is 7.33. The van der Waals surface area contributed by atoms with E-state index < -0.39 is 8.25 Å². The van der Waals surface area contributed by atoms with E-state index in [4.69, 9.17) is 4.52 Å². The maximum Gasteiger partial charge on any atom is 0.804 e. The van der Waals surface area contributed by atoms with Gasteiger partial charge in [0.05, 0.1) is 0 Å². The van der Waals surface area contributed by atoms with Crippen molar-refractivity contribution in [1.82, 2.24) is 0 Å². The lowest BCUT2D eigenvalue weighted by molar-refractivity contribution is 0.358. The molecule has 0 aliphatic rings. The molecule has 0 N–H and O–H groups in total. The van der Waals surface area contributed by atoms with Crippen LogP contribution in [-0.4, -0.2) is 0 Å². The molecule has 1 aromatic carbocycles. The van der Waals surface area contributed by atoms with Crippen LogP contribution >= 0.6 is 8.25 Å². The summed E-state index contributed by atoms with van der Waals surface area (Å²) in [5.41, 5.74) is 0.967. The fourth-order valence-corrected chi connectivity index (χ4v) is 1.14. The van der Waals surface area contributed by atoms with E-state index in [9.17, 15) is 4.57 Å². The maximum absolute atomic E-state index is 10.8. The van der Waals surface area contributed by atoms with Crippen molar-refractivity contribution >= 4 is 14.3 Å². The molecule has 0 heterocycles. The predicted molar refractivity (Wildman–Crippen MR) is 55.4 cm³/mol. The van der Waals surface area contributed by atoms with Crippen molar-refractivity contribution in [3.05, 3.63) is 55.0 Å². The third kappa shape index (κ3) is 3.87. The van der Waals surface area contributed by atoms with Crippen LogP contribution < -0.4 is 0 Å². The van der Waals surface area contributed by atoms with Crippen LogP contribution in [0, 0.1) is 0 Å². The summed E-state index contributed by atoms with van der Waals surface area (Å²) in [6.45, 7) is 3.26. The molecule has 1 rings (SSSR count). The number of hydrogen-bond acceptors (Lipinski definition) is 3. The van der Waals surface area contributed by atoms with Gasteiger partial charge in [0.2, 0.25) is 0 Å². The smallest absolute Gasteiger partial charge is 0.231 e. The minimum Gasteiger partial charge on any atom is -0.231 e. The van der Waals surface area contributed by atoms with Gasteiger partial charge >= 0.3 is 8.25 Å². The minimum atomic E-state index is -2.13. The summed E-state index contributed by atoms with van der Waals surface area (Å²) < 4.78 is 20.0. The zero-order valence-corrected chi connectivity index (χ0v) is 8.39. The Bertz CT molecular complexity index is 332. The maximum atomic E-state index is 10.8. The first-order valence-corrected chi connectivity index (χ1v) is 5.06. The molecule has 0 fully saturated rings. The molecule has 0 saturated heterocycles. The predicted octanol–water partition coefficient (Wildman–Crippen LogP) is 3.49. The van der Waals surface area contributed by atoms with Crippen molar-refractivity contribution in [2.24, 2.45) is 0 Å². The van der Waals surface area contributed by atoms with Crippen molar-refractivity contribution in [1.29, 1.82) is 0 Å². The highest BCUT2D eigenvalue weighted by atomic mass is 31.1. The summed E-state index contributed by atoms with van der Waals surface area (Å²) in [7, 11) is -2.13. The normalized spacial score (nSPS) is 11.0. The molecule has 14 heavy (non-hydrogen) atoms. The molecule has 1 unspecified atom stereocenters. The molecule has 1 aromatic rings. The lowest BCUT2D eigenvalue weighted by Gasteiger charge is -1.87. The molecule has 0 saturated carbocycles. The van der Waals surface area contributed by atoms with Gasteiger partial charge in [-0.05, 0) is 11.6 Å². The molecule has 72 valence electrons. The quantitative estimate of drug-likeness (QED) is 0.550. The van der Waals surface area contributed by atoms with Crippen molar-refractivity contribution in [2.75, 3.05) is 0 Å². The Morgan fingerprint density at radius 1 is 1.21 bits per heavy atom. The monoisotopic (exact) mass is 209 g/mol. The van der Waals surface area contributed by atoms with Crippen LogP contribution in [0.2, 0.25) is 0 Å². The molecule has 0 amide bonds. The van der Waals surface area contributed by atoms with E-state index in [2.05, 4.69) is 11.1 Å². The zero-order chi connectivity index (χ0) is 10.2. The summed E-state index contributed by atoms with van der Waals surface area (Å²) >= 11 is 0. The van der Waals surface area contributed by atoms with Crippen LogP contribution in [0.25, 0.3) is 6.08 Å². The molecule has 1 atom stereocenters. The Kier molecular flexibility index (Phi) is 4.45. The van der Waals surface area contributed by atoms with Crippen molar-refractivity contribution in [3.8, 4) is 0 Å². The fraction of sp³-hybridized carbons (Fsp3) is 0. The molecule has 0 spiro atoms. The van der Waals surface area contributed by atoms with Gasteiger partial charge < -0.3 is 0 Å². The number of rotatable bonds is 5. The zero-order valence-electron chi connectivity index (χ0n) is 7.50. The summed E-state index contributed by atoms with van der Waals surface area (Å²) in [5, 5.41) is 0. The molecule has 0 aromatic heterocycles. The van der Waals surface area contributed by atoms with Gasteiger partial charge in [-0.2, -0.15) is 0 Å². The van der Waals surface area contributed by atoms with E-state index in [1.807, 2.05) is 30.3 Å². The molecule has 0 radical (unpaired) electrons. The van der Waals surface area contributed by atoms with Crippen LogP contribution in [0.15, 0.2) is 49.4 Å². The van der Waals surface area contributed by atoms with E-state index in [1.165, 1.54) is 6.26 Å². The van der Waals surface area contributed by atoms with E-state index in [0.717, 1.165) is 11.8 Å². The van der Waals surface area contributed by atoms with Crippen LogP contribution in [0.1, 0.15) is 5.56 Å². The van der Waals surface area contributed by atoms with Gasteiger partial charge in [0, 0.05) is 4.57 Å². The Balaban J connectivity index is 2.42. The van der Waals surface area contributed by atoms with Crippen molar-refractivity contribution in [3.63, 3.8) is 0 Å². The molecule has 0 aliphatic carbocycles. The summed E-state index contributed by atoms with van der Waals surface area (Å²) in [6.07, 6.45) is 4.10. The third-order valence-electron chi connectivity index (χ3n) is 1.37. The first kappa shape index (κ1) is 10.5. The van der Waals surface area contributed by atoms with E-state index >= 15 is 0 Å². The van der Waals surface area contributed by atoms with Crippen molar-refractivity contribution in [2.45, 2.75) is 0 Å². The minimum absolute atomic E-state index is 0.967. The van der Waals surface area contributed by atoms with Gasteiger partial charge in [0.25, 0.3) is 0 Å². The van der Waals surface area contributed by atoms with E-state index in [0.29, 0.717) is 0 Å². The second-order valence-corrected chi connectivity index (χ2v) is 3.18. The van der Waals surface area contributed by atoms with Crippen LogP contribution in [0.5, 0.6) is 0 Å². The van der Waals surface area contributed by atoms with Crippen LogP contribution in [-0.2, 0) is 13.6 Å². The van der Waals surface area contributed by atoms with E-state index in [1.54, 1.807) is 6.08 Å². The summed E-state index contributed by atoms with van der Waals surface area (Å²) in [4.78, 5) is 0. The standard InChI is InChI=1S/C10H10O3P/c1-2-12-14(11)13-9-8-10-6-4-3-5-7-10/h2-9H,1H2/q+1. The molecular weight excluding hydrogens is 199 g/mol. The SMILES string of the molecule is C=CO[P+](=O)OC=Cc1ccccc1. The molecule has 0 bridgehead atoms. The van der Waals surface area contributed by atoms with Gasteiger partial charge in [0.15, 0.2) is 6.26 Å². The average Bonchev–Trinajstić information content (AvgIpc) is 2.20. The molecule has 4 heteroatoms. The topological polar surface area (TPSA) is 35.5 Å². The third-order valence-corrected chi connectivity index (χ3v) is 1.98. The van der Waals surface area contributed by atoms with Crippen LogP contribution in [0.3, 0.4) is 0 Å². The highest BCUT2D eigenvalue weighted by Gasteiger charge is 2.16. The Morgan fingerprint density at radius 3 is 2.57 bits per heavy atom. The molecule has 0 aliphatic heterocycles. The van der Waals surface area contributed by atoms with Gasteiger partial charge in [-0.3, -0.25) is 0 Å². The molecular formula is C10H10O3P+. The second-order valence-electron chi connectivity index (χ2n) is 2.31. The first-order valence-electron chi connectivity index (χ1n) is 3.96. The highest BCUT2D eigenvalue weighted by Crippen LogP contribution is 2.24. The summed E-state index contributed by atoms with van der Waals surface area (Å²) in [6, 6.07) is 9.53. The van der Waals surface area contributed by atoms with Crippen LogP contribution in [0.4, 0.5) is 0 Å². The molecule has 3 nitrogen and oxygen atoms in total. The fourth-order valence-electron chi connectivity index (χ4n) is 0.809.